The van der Waals surface area contributed by atoms with E-state index < -0.39 is 11.7 Å². The number of rotatable bonds is 6. The first-order valence-electron chi connectivity index (χ1n) is 11.3. The van der Waals surface area contributed by atoms with E-state index in [1.54, 1.807) is 30.3 Å². The number of halogens is 1. The number of nitrogens with one attached hydrogen (secondary N) is 1. The Bertz CT molecular complexity index is 1170. The van der Waals surface area contributed by atoms with Crippen molar-refractivity contribution in [3.63, 3.8) is 0 Å². The molecule has 1 amide bonds. The van der Waals surface area contributed by atoms with Crippen LogP contribution < -0.4 is 15.0 Å². The van der Waals surface area contributed by atoms with Gasteiger partial charge < -0.3 is 24.3 Å². The largest absolute Gasteiger partial charge is 0.444 e. The smallest absolute Gasteiger partial charge is 0.407 e. The average molecular weight is 469 g/mol. The van der Waals surface area contributed by atoms with Crippen LogP contribution in [-0.4, -0.2) is 46.8 Å². The number of hydrogen-bond donors (Lipinski definition) is 1. The molecule has 2 aromatic carbocycles. The molecule has 1 aromatic heterocycles. The lowest BCUT2D eigenvalue weighted by Crippen LogP contribution is -2.49. The number of ether oxygens (including phenoxy) is 2. The van der Waals surface area contributed by atoms with E-state index in [-0.39, 0.29) is 11.9 Å². The molecule has 34 heavy (non-hydrogen) atoms. The van der Waals surface area contributed by atoms with Crippen LogP contribution in [0.25, 0.3) is 11.0 Å². The molecule has 4 rings (SSSR count). The van der Waals surface area contributed by atoms with Crippen LogP contribution in [0.5, 0.6) is 5.75 Å². The fourth-order valence-corrected chi connectivity index (χ4v) is 4.14. The standard InChI is InChI=1S/C25H29FN4O4/c1-25(2,3)34-24(32)27-19-5-4-12-29(15-19)23-28-21-11-10-20(33-16-31)13-22(21)30(23)14-17-6-8-18(26)9-7-17/h6-11,13,16,19H,4-5,12,14-15H2,1-3H3,(H,27,32)/t19-/m1/s1. The van der Waals surface area contributed by atoms with Gasteiger partial charge in [-0.25, -0.2) is 14.2 Å². The van der Waals surface area contributed by atoms with Gasteiger partial charge in [0.1, 0.15) is 17.2 Å². The SMILES string of the molecule is CC(C)(C)OC(=O)N[C@@H]1CCCN(c2nc3ccc(OC=O)cc3n2Cc2ccc(F)cc2)C1. The van der Waals surface area contributed by atoms with E-state index in [4.69, 9.17) is 14.5 Å². The lowest BCUT2D eigenvalue weighted by atomic mass is 10.1. The number of imidazole rings is 1. The first-order valence-corrected chi connectivity index (χ1v) is 11.3. The van der Waals surface area contributed by atoms with Crippen molar-refractivity contribution >= 4 is 29.5 Å². The predicted octanol–water partition coefficient (Wildman–Crippen LogP) is 4.25. The van der Waals surface area contributed by atoms with Crippen LogP contribution in [0.4, 0.5) is 15.1 Å². The normalized spacial score (nSPS) is 16.4. The molecule has 3 aromatic rings. The van der Waals surface area contributed by atoms with E-state index in [0.717, 1.165) is 41.9 Å². The van der Waals surface area contributed by atoms with Crippen molar-refractivity contribution in [1.82, 2.24) is 14.9 Å². The second kappa shape index (κ2) is 9.70. The molecule has 1 aliphatic heterocycles. The second-order valence-electron chi connectivity index (χ2n) is 9.42. The zero-order valence-electron chi connectivity index (χ0n) is 19.6. The number of fused-ring (bicyclic) bond motifs is 1. The molecule has 1 atom stereocenters. The molecule has 0 unspecified atom stereocenters. The number of hydrogen-bond acceptors (Lipinski definition) is 6. The highest BCUT2D eigenvalue weighted by atomic mass is 19.1. The summed E-state index contributed by atoms with van der Waals surface area (Å²) in [5.41, 5.74) is 1.88. The molecular weight excluding hydrogens is 439 g/mol. The number of alkyl carbamates (subject to hydrolysis) is 1. The summed E-state index contributed by atoms with van der Waals surface area (Å²) >= 11 is 0. The molecular formula is C25H29FN4O4. The Kier molecular flexibility index (Phi) is 6.72. The van der Waals surface area contributed by atoms with Crippen molar-refractivity contribution in [2.24, 2.45) is 0 Å². The van der Waals surface area contributed by atoms with Crippen LogP contribution >= 0.6 is 0 Å². The minimum absolute atomic E-state index is 0.0864. The summed E-state index contributed by atoms with van der Waals surface area (Å²) < 4.78 is 25.9. The zero-order chi connectivity index (χ0) is 24.3. The Morgan fingerprint density at radius 2 is 2.00 bits per heavy atom. The van der Waals surface area contributed by atoms with Gasteiger partial charge in [-0.2, -0.15) is 0 Å². The van der Waals surface area contributed by atoms with Crippen molar-refractivity contribution < 1.29 is 23.5 Å². The minimum Gasteiger partial charge on any atom is -0.444 e. The third kappa shape index (κ3) is 5.65. The fraction of sp³-hybridized carbons (Fsp3) is 0.400. The topological polar surface area (TPSA) is 85.7 Å². The van der Waals surface area contributed by atoms with Gasteiger partial charge in [-0.1, -0.05) is 12.1 Å². The lowest BCUT2D eigenvalue weighted by molar-refractivity contribution is -0.120. The van der Waals surface area contributed by atoms with E-state index in [2.05, 4.69) is 10.2 Å². The van der Waals surface area contributed by atoms with Gasteiger partial charge in [-0.3, -0.25) is 4.79 Å². The van der Waals surface area contributed by atoms with Crippen LogP contribution in [-0.2, 0) is 16.1 Å². The van der Waals surface area contributed by atoms with Crippen molar-refractivity contribution in [2.75, 3.05) is 18.0 Å². The highest BCUT2D eigenvalue weighted by molar-refractivity contribution is 5.81. The predicted molar refractivity (Wildman–Crippen MR) is 127 cm³/mol. The molecule has 1 fully saturated rings. The Balaban J connectivity index is 1.64. The molecule has 9 heteroatoms. The maximum absolute atomic E-state index is 13.5. The molecule has 1 aliphatic rings. The number of carbonyl (C=O) groups excluding carboxylic acids is 2. The number of anilines is 1. The maximum atomic E-state index is 13.5. The van der Waals surface area contributed by atoms with E-state index in [0.29, 0.717) is 25.3 Å². The van der Waals surface area contributed by atoms with Crippen LogP contribution in [0.3, 0.4) is 0 Å². The van der Waals surface area contributed by atoms with Crippen LogP contribution in [0.2, 0.25) is 0 Å². The number of aromatic nitrogens is 2. The van der Waals surface area contributed by atoms with Gasteiger partial charge in [-0.05, 0) is 63.4 Å². The van der Waals surface area contributed by atoms with Gasteiger partial charge in [-0.15, -0.1) is 0 Å². The number of benzene rings is 2. The van der Waals surface area contributed by atoms with Crippen LogP contribution in [0.1, 0.15) is 39.2 Å². The van der Waals surface area contributed by atoms with Crippen molar-refractivity contribution in [1.29, 1.82) is 0 Å². The quantitative estimate of drug-likeness (QED) is 0.545. The number of nitrogens with zero attached hydrogens (tertiary/aromatic N) is 3. The summed E-state index contributed by atoms with van der Waals surface area (Å²) in [6, 6.07) is 11.5. The molecule has 2 heterocycles. The molecule has 0 aliphatic carbocycles. The average Bonchev–Trinajstić information content (AvgIpc) is 3.12. The highest BCUT2D eigenvalue weighted by Crippen LogP contribution is 2.29. The summed E-state index contributed by atoms with van der Waals surface area (Å²) in [6.07, 6.45) is 1.28. The monoisotopic (exact) mass is 468 g/mol. The van der Waals surface area contributed by atoms with Gasteiger partial charge in [0, 0.05) is 25.2 Å². The maximum Gasteiger partial charge on any atom is 0.407 e. The van der Waals surface area contributed by atoms with E-state index in [1.807, 2.05) is 25.3 Å². The molecule has 0 bridgehead atoms. The fourth-order valence-electron chi connectivity index (χ4n) is 4.14. The van der Waals surface area contributed by atoms with E-state index in [1.165, 1.54) is 12.1 Å². The lowest BCUT2D eigenvalue weighted by Gasteiger charge is -2.34. The summed E-state index contributed by atoms with van der Waals surface area (Å²) in [4.78, 5) is 30.1. The minimum atomic E-state index is -0.567. The second-order valence-corrected chi connectivity index (χ2v) is 9.42. The molecule has 1 N–H and O–H groups in total. The first-order chi connectivity index (χ1) is 16.2. The Labute approximate surface area is 197 Å². The summed E-state index contributed by atoms with van der Waals surface area (Å²) in [5, 5.41) is 2.97. The van der Waals surface area contributed by atoms with Crippen molar-refractivity contribution in [3.05, 3.63) is 53.8 Å². The van der Waals surface area contributed by atoms with Crippen molar-refractivity contribution in [2.45, 2.75) is 51.8 Å². The van der Waals surface area contributed by atoms with Crippen LogP contribution in [0, 0.1) is 5.82 Å². The van der Waals surface area contributed by atoms with Crippen LogP contribution in [0.15, 0.2) is 42.5 Å². The van der Waals surface area contributed by atoms with Gasteiger partial charge >= 0.3 is 6.09 Å². The first kappa shape index (κ1) is 23.5. The summed E-state index contributed by atoms with van der Waals surface area (Å²) in [6.45, 7) is 7.69. The molecule has 0 saturated carbocycles. The van der Waals surface area contributed by atoms with E-state index in [9.17, 15) is 14.0 Å². The molecule has 0 radical (unpaired) electrons. The molecule has 8 nitrogen and oxygen atoms in total. The van der Waals surface area contributed by atoms with Gasteiger partial charge in [0.2, 0.25) is 5.95 Å². The summed E-state index contributed by atoms with van der Waals surface area (Å²) in [7, 11) is 0. The number of carbonyl (C=O) groups is 2. The molecule has 180 valence electrons. The Hall–Kier alpha value is -3.62. The number of piperidine rings is 1. The van der Waals surface area contributed by atoms with Gasteiger partial charge in [0.25, 0.3) is 6.47 Å². The van der Waals surface area contributed by atoms with Gasteiger partial charge in [0.15, 0.2) is 0 Å². The van der Waals surface area contributed by atoms with Crippen molar-refractivity contribution in [3.8, 4) is 5.75 Å². The Morgan fingerprint density at radius 1 is 1.24 bits per heavy atom. The zero-order valence-corrected chi connectivity index (χ0v) is 19.6. The van der Waals surface area contributed by atoms with E-state index >= 15 is 0 Å². The third-order valence-electron chi connectivity index (χ3n) is 5.56. The Morgan fingerprint density at radius 3 is 2.71 bits per heavy atom. The third-order valence-corrected chi connectivity index (χ3v) is 5.56. The molecule has 1 saturated heterocycles. The summed E-state index contributed by atoms with van der Waals surface area (Å²) in [5.74, 6) is 0.851. The molecule has 0 spiro atoms. The highest BCUT2D eigenvalue weighted by Gasteiger charge is 2.27. The number of amides is 1. The van der Waals surface area contributed by atoms with Gasteiger partial charge in [0.05, 0.1) is 17.6 Å².